The van der Waals surface area contributed by atoms with Gasteiger partial charge in [-0.05, 0) is 19.9 Å². The minimum Gasteiger partial charge on any atom is -0.293 e. The largest absolute Gasteiger partial charge is 0.296 e. The molecule has 1 heterocycles. The van der Waals surface area contributed by atoms with Crippen LogP contribution in [0.3, 0.4) is 0 Å². The summed E-state index contributed by atoms with van der Waals surface area (Å²) in [6, 6.07) is 1.66. The number of aryl methyl sites for hydroxylation is 2. The highest BCUT2D eigenvalue weighted by atomic mass is 19.3. The van der Waals surface area contributed by atoms with E-state index in [0.717, 1.165) is 5.69 Å². The molecule has 0 amide bonds. The molecule has 0 bridgehead atoms. The summed E-state index contributed by atoms with van der Waals surface area (Å²) in [4.78, 5) is 10.8. The fourth-order valence-corrected chi connectivity index (χ4v) is 1.27. The Morgan fingerprint density at radius 1 is 1.64 bits per heavy atom. The van der Waals surface area contributed by atoms with Gasteiger partial charge in [-0.3, -0.25) is 9.48 Å². The van der Waals surface area contributed by atoms with Gasteiger partial charge in [0.25, 0.3) is 6.43 Å². The summed E-state index contributed by atoms with van der Waals surface area (Å²) in [5.41, 5.74) is 1.29. The Balaban J connectivity index is 2.80. The molecule has 0 aliphatic rings. The molecule has 0 saturated carbocycles. The fraction of sp³-hybridized carbons (Fsp3) is 0.556. The summed E-state index contributed by atoms with van der Waals surface area (Å²) < 4.78 is 25.5. The summed E-state index contributed by atoms with van der Waals surface area (Å²) in [6.45, 7) is 4.20. The first-order valence-electron chi connectivity index (χ1n) is 4.38. The van der Waals surface area contributed by atoms with Gasteiger partial charge in [-0.15, -0.1) is 0 Å². The number of hydrogen-bond donors (Lipinski definition) is 0. The van der Waals surface area contributed by atoms with Crippen LogP contribution >= 0.6 is 0 Å². The number of ketones is 1. The van der Waals surface area contributed by atoms with Gasteiger partial charge >= 0.3 is 0 Å². The van der Waals surface area contributed by atoms with E-state index in [1.54, 1.807) is 17.7 Å². The molecule has 0 aliphatic carbocycles. The summed E-state index contributed by atoms with van der Waals surface area (Å²) in [6.07, 6.45) is -3.14. The normalized spacial score (nSPS) is 10.9. The Bertz CT molecular complexity index is 334. The molecule has 0 atom stereocenters. The Morgan fingerprint density at radius 2 is 2.29 bits per heavy atom. The molecule has 78 valence electrons. The van der Waals surface area contributed by atoms with Crippen LogP contribution in [0.25, 0.3) is 0 Å². The van der Waals surface area contributed by atoms with Crippen molar-refractivity contribution in [1.29, 1.82) is 0 Å². The van der Waals surface area contributed by atoms with E-state index < -0.39 is 12.2 Å². The second-order valence-electron chi connectivity index (χ2n) is 3.04. The second-order valence-corrected chi connectivity index (χ2v) is 3.04. The molecule has 14 heavy (non-hydrogen) atoms. The van der Waals surface area contributed by atoms with Crippen molar-refractivity contribution in [1.82, 2.24) is 9.78 Å². The van der Waals surface area contributed by atoms with E-state index in [-0.39, 0.29) is 6.42 Å². The van der Waals surface area contributed by atoms with Crippen molar-refractivity contribution in [2.24, 2.45) is 0 Å². The molecule has 0 aromatic carbocycles. The summed E-state index contributed by atoms with van der Waals surface area (Å²) in [5, 5.41) is 4.06. The predicted molar refractivity (Wildman–Crippen MR) is 47.4 cm³/mol. The Kier molecular flexibility index (Phi) is 3.33. The van der Waals surface area contributed by atoms with Gasteiger partial charge < -0.3 is 0 Å². The number of carbonyl (C=O) groups excluding carboxylic acids is 1. The SMILES string of the molecule is CCn1nc(C)cc1CC(=O)C(F)F. The maximum atomic E-state index is 12.0. The van der Waals surface area contributed by atoms with E-state index >= 15 is 0 Å². The van der Waals surface area contributed by atoms with Gasteiger partial charge in [0.05, 0.1) is 12.1 Å². The molecule has 3 nitrogen and oxygen atoms in total. The smallest absolute Gasteiger partial charge is 0.293 e. The van der Waals surface area contributed by atoms with Crippen molar-refractivity contribution in [3.63, 3.8) is 0 Å². The van der Waals surface area contributed by atoms with Gasteiger partial charge in [-0.2, -0.15) is 5.10 Å². The highest BCUT2D eigenvalue weighted by molar-refractivity contribution is 5.83. The first kappa shape index (κ1) is 10.8. The molecule has 1 aromatic heterocycles. The third kappa shape index (κ3) is 2.37. The Morgan fingerprint density at radius 3 is 2.79 bits per heavy atom. The molecule has 0 unspecified atom stereocenters. The zero-order valence-electron chi connectivity index (χ0n) is 8.13. The molecule has 1 rings (SSSR count). The third-order valence-electron chi connectivity index (χ3n) is 1.88. The number of rotatable bonds is 4. The molecule has 0 fully saturated rings. The molecule has 0 radical (unpaired) electrons. The number of nitrogens with zero attached hydrogens (tertiary/aromatic N) is 2. The van der Waals surface area contributed by atoms with Crippen LogP contribution in [0, 0.1) is 6.92 Å². The van der Waals surface area contributed by atoms with Crippen LogP contribution in [-0.4, -0.2) is 22.0 Å². The van der Waals surface area contributed by atoms with Gasteiger partial charge in [0.15, 0.2) is 0 Å². The van der Waals surface area contributed by atoms with E-state index in [9.17, 15) is 13.6 Å². The van der Waals surface area contributed by atoms with E-state index in [2.05, 4.69) is 5.10 Å². The molecule has 0 N–H and O–H groups in total. The average Bonchev–Trinajstić information content (AvgIpc) is 2.45. The number of halogens is 2. The molecule has 5 heteroatoms. The highest BCUT2D eigenvalue weighted by Gasteiger charge is 2.17. The van der Waals surface area contributed by atoms with Gasteiger partial charge in [0.1, 0.15) is 0 Å². The van der Waals surface area contributed by atoms with Crippen molar-refractivity contribution >= 4 is 5.78 Å². The molecular formula is C9H12F2N2O. The van der Waals surface area contributed by atoms with Crippen molar-refractivity contribution in [3.8, 4) is 0 Å². The maximum absolute atomic E-state index is 12.0. The Hall–Kier alpha value is -1.26. The van der Waals surface area contributed by atoms with Gasteiger partial charge in [-0.25, -0.2) is 8.78 Å². The minimum atomic E-state index is -2.89. The van der Waals surface area contributed by atoms with Crippen molar-refractivity contribution in [2.45, 2.75) is 33.2 Å². The van der Waals surface area contributed by atoms with Crippen LogP contribution < -0.4 is 0 Å². The first-order valence-corrected chi connectivity index (χ1v) is 4.38. The lowest BCUT2D eigenvalue weighted by Crippen LogP contribution is -2.15. The number of aromatic nitrogens is 2. The van der Waals surface area contributed by atoms with Crippen molar-refractivity contribution in [3.05, 3.63) is 17.5 Å². The predicted octanol–water partition coefficient (Wildman–Crippen LogP) is 1.59. The minimum absolute atomic E-state index is 0.244. The number of carbonyl (C=O) groups is 1. The zero-order chi connectivity index (χ0) is 10.7. The standard InChI is InChI=1S/C9H12F2N2O/c1-3-13-7(4-6(2)12-13)5-8(14)9(10)11/h4,9H,3,5H2,1-2H3. The number of hydrogen-bond acceptors (Lipinski definition) is 2. The second kappa shape index (κ2) is 4.30. The molecule has 0 aliphatic heterocycles. The van der Waals surface area contributed by atoms with Gasteiger partial charge in [-0.1, -0.05) is 0 Å². The maximum Gasteiger partial charge on any atom is 0.296 e. The van der Waals surface area contributed by atoms with Crippen LogP contribution in [0.5, 0.6) is 0 Å². The van der Waals surface area contributed by atoms with Crippen LogP contribution in [0.4, 0.5) is 8.78 Å². The van der Waals surface area contributed by atoms with E-state index in [1.165, 1.54) is 0 Å². The summed E-state index contributed by atoms with van der Waals surface area (Å²) >= 11 is 0. The molecule has 0 saturated heterocycles. The molecule has 0 spiro atoms. The quantitative estimate of drug-likeness (QED) is 0.743. The molecular weight excluding hydrogens is 190 g/mol. The highest BCUT2D eigenvalue weighted by Crippen LogP contribution is 2.07. The zero-order valence-corrected chi connectivity index (χ0v) is 8.13. The van der Waals surface area contributed by atoms with E-state index in [0.29, 0.717) is 12.2 Å². The van der Waals surface area contributed by atoms with Crippen LogP contribution in [0.15, 0.2) is 6.07 Å². The van der Waals surface area contributed by atoms with Crippen LogP contribution in [0.2, 0.25) is 0 Å². The van der Waals surface area contributed by atoms with Gasteiger partial charge in [0, 0.05) is 12.2 Å². The van der Waals surface area contributed by atoms with Crippen LogP contribution in [0.1, 0.15) is 18.3 Å². The van der Waals surface area contributed by atoms with Crippen molar-refractivity contribution < 1.29 is 13.6 Å². The lowest BCUT2D eigenvalue weighted by atomic mass is 10.2. The first-order chi connectivity index (χ1) is 6.54. The lowest BCUT2D eigenvalue weighted by Gasteiger charge is -2.02. The Labute approximate surface area is 80.7 Å². The molecule has 1 aromatic rings. The lowest BCUT2D eigenvalue weighted by molar-refractivity contribution is -0.128. The number of alkyl halides is 2. The van der Waals surface area contributed by atoms with Gasteiger partial charge in [0.2, 0.25) is 5.78 Å². The van der Waals surface area contributed by atoms with E-state index in [4.69, 9.17) is 0 Å². The monoisotopic (exact) mass is 202 g/mol. The summed E-state index contributed by atoms with van der Waals surface area (Å²) in [7, 11) is 0. The third-order valence-corrected chi connectivity index (χ3v) is 1.88. The average molecular weight is 202 g/mol. The topological polar surface area (TPSA) is 34.9 Å². The van der Waals surface area contributed by atoms with Crippen LogP contribution in [-0.2, 0) is 17.8 Å². The van der Waals surface area contributed by atoms with E-state index in [1.807, 2.05) is 6.92 Å². The summed E-state index contributed by atoms with van der Waals surface area (Å²) in [5.74, 6) is -1.06. The fourth-order valence-electron chi connectivity index (χ4n) is 1.27. The number of Topliss-reactive ketones (excluding diaryl/α,β-unsaturated/α-hetero) is 1. The van der Waals surface area contributed by atoms with Crippen molar-refractivity contribution in [2.75, 3.05) is 0 Å².